The standard InChI is InChI=1S/C15H24N2O3/c1-11(10-17-6-2-3-7-17)8-16-9-12-4-5-13(18)15(20)14(12)19/h4-5,11,16,18-20H,2-3,6-10H2,1H3. The van der Waals surface area contributed by atoms with Crippen LogP contribution in [0.25, 0.3) is 0 Å². The molecule has 1 aliphatic rings. The molecule has 0 spiro atoms. The highest BCUT2D eigenvalue weighted by Gasteiger charge is 2.15. The van der Waals surface area contributed by atoms with E-state index in [4.69, 9.17) is 0 Å². The van der Waals surface area contributed by atoms with Crippen LogP contribution in [0.3, 0.4) is 0 Å². The first-order valence-electron chi connectivity index (χ1n) is 7.23. The van der Waals surface area contributed by atoms with Crippen molar-refractivity contribution in [3.63, 3.8) is 0 Å². The molecule has 20 heavy (non-hydrogen) atoms. The van der Waals surface area contributed by atoms with Gasteiger partial charge in [0.15, 0.2) is 11.5 Å². The largest absolute Gasteiger partial charge is 0.504 e. The minimum Gasteiger partial charge on any atom is -0.504 e. The molecular formula is C15H24N2O3. The minimum atomic E-state index is -0.450. The highest BCUT2D eigenvalue weighted by Crippen LogP contribution is 2.36. The summed E-state index contributed by atoms with van der Waals surface area (Å²) in [6, 6.07) is 3.00. The van der Waals surface area contributed by atoms with Crippen LogP contribution in [0.15, 0.2) is 12.1 Å². The molecule has 1 atom stereocenters. The summed E-state index contributed by atoms with van der Waals surface area (Å²) in [5, 5.41) is 31.7. The van der Waals surface area contributed by atoms with Crippen molar-refractivity contribution in [2.24, 2.45) is 5.92 Å². The summed E-state index contributed by atoms with van der Waals surface area (Å²) in [4.78, 5) is 2.48. The van der Waals surface area contributed by atoms with Crippen LogP contribution in [-0.2, 0) is 6.54 Å². The van der Waals surface area contributed by atoms with Crippen LogP contribution in [0.5, 0.6) is 17.2 Å². The Balaban J connectivity index is 1.76. The van der Waals surface area contributed by atoms with Gasteiger partial charge < -0.3 is 25.5 Å². The molecule has 2 rings (SSSR count). The van der Waals surface area contributed by atoms with Crippen LogP contribution < -0.4 is 5.32 Å². The maximum absolute atomic E-state index is 9.72. The lowest BCUT2D eigenvalue weighted by atomic mass is 10.1. The topological polar surface area (TPSA) is 76.0 Å². The SMILES string of the molecule is CC(CNCc1ccc(O)c(O)c1O)CN1CCCC1. The number of likely N-dealkylation sites (tertiary alicyclic amines) is 1. The van der Waals surface area contributed by atoms with Crippen molar-refractivity contribution >= 4 is 0 Å². The zero-order valence-electron chi connectivity index (χ0n) is 12.0. The van der Waals surface area contributed by atoms with Gasteiger partial charge in [-0.3, -0.25) is 0 Å². The molecular weight excluding hydrogens is 256 g/mol. The van der Waals surface area contributed by atoms with Gasteiger partial charge in [0, 0.05) is 18.7 Å². The summed E-state index contributed by atoms with van der Waals surface area (Å²) >= 11 is 0. The Hall–Kier alpha value is -1.46. The van der Waals surface area contributed by atoms with E-state index in [0.717, 1.165) is 13.1 Å². The summed E-state index contributed by atoms with van der Waals surface area (Å²) in [7, 11) is 0. The molecule has 5 nitrogen and oxygen atoms in total. The van der Waals surface area contributed by atoms with E-state index in [1.807, 2.05) is 0 Å². The first-order chi connectivity index (χ1) is 9.58. The summed E-state index contributed by atoms with van der Waals surface area (Å²) in [5.74, 6) is -0.450. The summed E-state index contributed by atoms with van der Waals surface area (Å²) < 4.78 is 0. The number of nitrogens with zero attached hydrogens (tertiary/aromatic N) is 1. The van der Waals surface area contributed by atoms with Crippen LogP contribution in [0.2, 0.25) is 0 Å². The fourth-order valence-corrected chi connectivity index (χ4v) is 2.68. The third kappa shape index (κ3) is 3.77. The number of phenolic OH excluding ortho intramolecular Hbond substituents is 3. The highest BCUT2D eigenvalue weighted by atomic mass is 16.3. The lowest BCUT2D eigenvalue weighted by molar-refractivity contribution is 0.282. The molecule has 1 saturated heterocycles. The van der Waals surface area contributed by atoms with Crippen molar-refractivity contribution in [2.75, 3.05) is 26.2 Å². The second kappa shape index (κ2) is 6.81. The van der Waals surface area contributed by atoms with Gasteiger partial charge in [0.05, 0.1) is 0 Å². The maximum atomic E-state index is 9.72. The Bertz CT molecular complexity index is 445. The molecule has 0 saturated carbocycles. The number of benzene rings is 1. The van der Waals surface area contributed by atoms with Crippen LogP contribution in [0.4, 0.5) is 0 Å². The molecule has 1 heterocycles. The second-order valence-electron chi connectivity index (χ2n) is 5.68. The van der Waals surface area contributed by atoms with Crippen LogP contribution in [-0.4, -0.2) is 46.4 Å². The molecule has 0 aromatic heterocycles. The van der Waals surface area contributed by atoms with Crippen molar-refractivity contribution in [2.45, 2.75) is 26.3 Å². The van der Waals surface area contributed by atoms with Crippen LogP contribution >= 0.6 is 0 Å². The number of nitrogens with one attached hydrogen (secondary N) is 1. The summed E-state index contributed by atoms with van der Waals surface area (Å²) in [6.07, 6.45) is 2.61. The fourth-order valence-electron chi connectivity index (χ4n) is 2.68. The Kier molecular flexibility index (Phi) is 5.09. The average Bonchev–Trinajstić information content (AvgIpc) is 2.91. The van der Waals surface area contributed by atoms with Gasteiger partial charge in [0.2, 0.25) is 5.75 Å². The third-order valence-corrected chi connectivity index (χ3v) is 3.79. The lowest BCUT2D eigenvalue weighted by Crippen LogP contribution is -2.31. The molecule has 0 aliphatic carbocycles. The van der Waals surface area contributed by atoms with Gasteiger partial charge in [-0.15, -0.1) is 0 Å². The van der Waals surface area contributed by atoms with E-state index in [9.17, 15) is 15.3 Å². The first kappa shape index (κ1) is 14.9. The molecule has 112 valence electrons. The Morgan fingerprint density at radius 3 is 2.55 bits per heavy atom. The zero-order valence-corrected chi connectivity index (χ0v) is 12.0. The van der Waals surface area contributed by atoms with Crippen molar-refractivity contribution in [1.29, 1.82) is 0 Å². The Morgan fingerprint density at radius 1 is 1.15 bits per heavy atom. The smallest absolute Gasteiger partial charge is 0.200 e. The minimum absolute atomic E-state index is 0.246. The van der Waals surface area contributed by atoms with E-state index in [0.29, 0.717) is 18.0 Å². The van der Waals surface area contributed by atoms with Crippen molar-refractivity contribution in [3.05, 3.63) is 17.7 Å². The molecule has 0 amide bonds. The van der Waals surface area contributed by atoms with Gasteiger partial charge in [-0.25, -0.2) is 0 Å². The van der Waals surface area contributed by atoms with Crippen molar-refractivity contribution in [3.8, 4) is 17.2 Å². The predicted molar refractivity (Wildman–Crippen MR) is 78.0 cm³/mol. The van der Waals surface area contributed by atoms with Gasteiger partial charge in [0.25, 0.3) is 0 Å². The number of aromatic hydroxyl groups is 3. The highest BCUT2D eigenvalue weighted by molar-refractivity contribution is 5.52. The van der Waals surface area contributed by atoms with E-state index in [1.165, 1.54) is 32.0 Å². The molecule has 1 aromatic carbocycles. The van der Waals surface area contributed by atoms with Gasteiger partial charge in [-0.05, 0) is 44.5 Å². The van der Waals surface area contributed by atoms with E-state index in [-0.39, 0.29) is 11.5 Å². The number of rotatable bonds is 6. The molecule has 4 N–H and O–H groups in total. The lowest BCUT2D eigenvalue weighted by Gasteiger charge is -2.20. The van der Waals surface area contributed by atoms with Gasteiger partial charge in [-0.2, -0.15) is 0 Å². The number of hydrogen-bond acceptors (Lipinski definition) is 5. The quantitative estimate of drug-likeness (QED) is 0.596. The molecule has 0 radical (unpaired) electrons. The Labute approximate surface area is 119 Å². The average molecular weight is 280 g/mol. The van der Waals surface area contributed by atoms with Crippen molar-refractivity contribution in [1.82, 2.24) is 10.2 Å². The fraction of sp³-hybridized carbons (Fsp3) is 0.600. The normalized spacial score (nSPS) is 17.4. The molecule has 1 aliphatic heterocycles. The number of phenols is 3. The summed E-state index contributed by atoms with van der Waals surface area (Å²) in [6.45, 7) is 7.05. The van der Waals surface area contributed by atoms with Crippen LogP contribution in [0, 0.1) is 5.92 Å². The second-order valence-corrected chi connectivity index (χ2v) is 5.68. The molecule has 0 bridgehead atoms. The molecule has 1 unspecified atom stereocenters. The molecule has 5 heteroatoms. The number of hydrogen-bond donors (Lipinski definition) is 4. The van der Waals surface area contributed by atoms with Crippen molar-refractivity contribution < 1.29 is 15.3 Å². The monoisotopic (exact) mass is 280 g/mol. The van der Waals surface area contributed by atoms with E-state index in [2.05, 4.69) is 17.1 Å². The van der Waals surface area contributed by atoms with Gasteiger partial charge in [-0.1, -0.05) is 13.0 Å². The maximum Gasteiger partial charge on any atom is 0.200 e. The van der Waals surface area contributed by atoms with E-state index >= 15 is 0 Å². The third-order valence-electron chi connectivity index (χ3n) is 3.79. The Morgan fingerprint density at radius 2 is 1.85 bits per heavy atom. The van der Waals surface area contributed by atoms with Crippen LogP contribution in [0.1, 0.15) is 25.3 Å². The van der Waals surface area contributed by atoms with Gasteiger partial charge in [0.1, 0.15) is 0 Å². The van der Waals surface area contributed by atoms with E-state index in [1.54, 1.807) is 6.07 Å². The summed E-state index contributed by atoms with van der Waals surface area (Å²) in [5.41, 5.74) is 0.591. The first-order valence-corrected chi connectivity index (χ1v) is 7.23. The van der Waals surface area contributed by atoms with E-state index < -0.39 is 5.75 Å². The zero-order chi connectivity index (χ0) is 14.5. The predicted octanol–water partition coefficient (Wildman–Crippen LogP) is 1.62. The molecule has 1 aromatic rings. The van der Waals surface area contributed by atoms with Gasteiger partial charge >= 0.3 is 0 Å². The molecule has 1 fully saturated rings.